The average Bonchev–Trinajstić information content (AvgIpc) is 2.89. The van der Waals surface area contributed by atoms with Crippen molar-refractivity contribution >= 4 is 0 Å². The van der Waals surface area contributed by atoms with Gasteiger partial charge in [0, 0.05) is 25.3 Å². The van der Waals surface area contributed by atoms with Gasteiger partial charge in [-0.25, -0.2) is 0 Å². The molecule has 1 aromatic rings. The Kier molecular flexibility index (Phi) is 2.65. The molecule has 3 heterocycles. The fourth-order valence-electron chi connectivity index (χ4n) is 3.02. The van der Waals surface area contributed by atoms with E-state index in [2.05, 4.69) is 34.3 Å². The van der Waals surface area contributed by atoms with E-state index >= 15 is 0 Å². The summed E-state index contributed by atoms with van der Waals surface area (Å²) in [5, 5.41) is 3.48. The summed E-state index contributed by atoms with van der Waals surface area (Å²) in [7, 11) is 0. The zero-order valence-corrected chi connectivity index (χ0v) is 9.76. The van der Waals surface area contributed by atoms with Gasteiger partial charge in [-0.2, -0.15) is 0 Å². The molecule has 0 aliphatic carbocycles. The fraction of sp³-hybridized carbons (Fsp3) is 0.615. The van der Waals surface area contributed by atoms with Crippen LogP contribution in [0.15, 0.2) is 24.4 Å². The van der Waals surface area contributed by atoms with E-state index in [-0.39, 0.29) is 0 Å². The number of pyridine rings is 1. The predicted molar refractivity (Wildman–Crippen MR) is 64.1 cm³/mol. The Morgan fingerprint density at radius 3 is 2.69 bits per heavy atom. The number of likely N-dealkylation sites (tertiary alicyclic amines) is 1. The van der Waals surface area contributed by atoms with Gasteiger partial charge < -0.3 is 5.32 Å². The fourth-order valence-corrected chi connectivity index (χ4v) is 3.02. The molecule has 3 heteroatoms. The maximum absolute atomic E-state index is 4.46. The van der Waals surface area contributed by atoms with Crippen molar-refractivity contribution in [3.05, 3.63) is 30.1 Å². The number of fused-ring (bicyclic) bond motifs is 1. The lowest BCUT2D eigenvalue weighted by molar-refractivity contribution is 0.240. The van der Waals surface area contributed by atoms with Crippen molar-refractivity contribution in [1.29, 1.82) is 0 Å². The van der Waals surface area contributed by atoms with Crippen LogP contribution < -0.4 is 5.32 Å². The molecule has 0 amide bonds. The Balaban J connectivity index is 1.71. The van der Waals surface area contributed by atoms with Crippen LogP contribution in [0.4, 0.5) is 0 Å². The molecule has 3 nitrogen and oxygen atoms in total. The third-order valence-electron chi connectivity index (χ3n) is 4.08. The second-order valence-electron chi connectivity index (χ2n) is 5.06. The maximum atomic E-state index is 4.46. The third-order valence-corrected chi connectivity index (χ3v) is 4.08. The first-order chi connectivity index (χ1) is 7.84. The Morgan fingerprint density at radius 1 is 1.31 bits per heavy atom. The van der Waals surface area contributed by atoms with Gasteiger partial charge >= 0.3 is 0 Å². The molecule has 1 N–H and O–H groups in total. The summed E-state index contributed by atoms with van der Waals surface area (Å²) in [4.78, 5) is 7.04. The summed E-state index contributed by atoms with van der Waals surface area (Å²) in [6, 6.07) is 6.67. The summed E-state index contributed by atoms with van der Waals surface area (Å²) < 4.78 is 0. The van der Waals surface area contributed by atoms with E-state index in [0.29, 0.717) is 6.04 Å². The summed E-state index contributed by atoms with van der Waals surface area (Å²) >= 11 is 0. The van der Waals surface area contributed by atoms with Crippen molar-refractivity contribution in [1.82, 2.24) is 15.2 Å². The molecule has 0 spiro atoms. The minimum atomic E-state index is 0.465. The molecule has 2 aliphatic heterocycles. The molecule has 3 rings (SSSR count). The SMILES string of the molecule is CC(c1ccccn1)N1CC2CNCC2C1. The number of nitrogens with one attached hydrogen (secondary N) is 1. The molecule has 2 aliphatic rings. The molecule has 16 heavy (non-hydrogen) atoms. The molecule has 3 unspecified atom stereocenters. The average molecular weight is 217 g/mol. The van der Waals surface area contributed by atoms with Crippen LogP contribution in [-0.4, -0.2) is 36.1 Å². The molecule has 86 valence electrons. The first-order valence-electron chi connectivity index (χ1n) is 6.20. The lowest BCUT2D eigenvalue weighted by Crippen LogP contribution is -2.28. The summed E-state index contributed by atoms with van der Waals surface area (Å²) in [5.41, 5.74) is 1.20. The van der Waals surface area contributed by atoms with Crippen molar-refractivity contribution in [2.24, 2.45) is 11.8 Å². The Bertz CT molecular complexity index is 339. The van der Waals surface area contributed by atoms with E-state index in [9.17, 15) is 0 Å². The first-order valence-corrected chi connectivity index (χ1v) is 6.20. The van der Waals surface area contributed by atoms with Gasteiger partial charge in [-0.05, 0) is 44.0 Å². The summed E-state index contributed by atoms with van der Waals surface area (Å²) in [5.74, 6) is 1.73. The van der Waals surface area contributed by atoms with Crippen LogP contribution in [-0.2, 0) is 0 Å². The number of hydrogen-bond acceptors (Lipinski definition) is 3. The minimum Gasteiger partial charge on any atom is -0.316 e. The third kappa shape index (κ3) is 1.74. The van der Waals surface area contributed by atoms with Crippen molar-refractivity contribution < 1.29 is 0 Å². The van der Waals surface area contributed by atoms with Crippen LogP contribution in [0.3, 0.4) is 0 Å². The van der Waals surface area contributed by atoms with Gasteiger partial charge in [0.05, 0.1) is 5.69 Å². The number of aromatic nitrogens is 1. The predicted octanol–water partition coefficient (Wildman–Crippen LogP) is 1.29. The van der Waals surface area contributed by atoms with Crippen LogP contribution in [0.2, 0.25) is 0 Å². The highest BCUT2D eigenvalue weighted by Crippen LogP contribution is 2.31. The standard InChI is InChI=1S/C13H19N3/c1-10(13-4-2-3-5-15-13)16-8-11-6-14-7-12(11)9-16/h2-5,10-12,14H,6-9H2,1H3. The first kappa shape index (κ1) is 10.2. The topological polar surface area (TPSA) is 28.2 Å². The zero-order chi connectivity index (χ0) is 11.0. The molecule has 0 saturated carbocycles. The maximum Gasteiger partial charge on any atom is 0.0572 e. The van der Waals surface area contributed by atoms with E-state index < -0.39 is 0 Å². The van der Waals surface area contributed by atoms with Crippen molar-refractivity contribution in [3.8, 4) is 0 Å². The summed E-state index contributed by atoms with van der Waals surface area (Å²) in [6.07, 6.45) is 1.89. The van der Waals surface area contributed by atoms with E-state index in [1.807, 2.05) is 12.3 Å². The van der Waals surface area contributed by atoms with Gasteiger partial charge in [0.1, 0.15) is 0 Å². The highest BCUT2D eigenvalue weighted by atomic mass is 15.2. The molecule has 1 aromatic heterocycles. The highest BCUT2D eigenvalue weighted by molar-refractivity contribution is 5.09. The molecule has 0 radical (unpaired) electrons. The van der Waals surface area contributed by atoms with Gasteiger partial charge in [0.2, 0.25) is 0 Å². The van der Waals surface area contributed by atoms with E-state index in [0.717, 1.165) is 11.8 Å². The van der Waals surface area contributed by atoms with Crippen LogP contribution in [0.5, 0.6) is 0 Å². The largest absolute Gasteiger partial charge is 0.316 e. The normalized spacial score (nSPS) is 31.6. The Labute approximate surface area is 96.9 Å². The van der Waals surface area contributed by atoms with Crippen molar-refractivity contribution in [2.75, 3.05) is 26.2 Å². The molecular weight excluding hydrogens is 198 g/mol. The van der Waals surface area contributed by atoms with E-state index in [4.69, 9.17) is 0 Å². The van der Waals surface area contributed by atoms with Gasteiger partial charge in [-0.15, -0.1) is 0 Å². The zero-order valence-electron chi connectivity index (χ0n) is 9.76. The molecular formula is C13H19N3. The Hall–Kier alpha value is -0.930. The lowest BCUT2D eigenvalue weighted by Gasteiger charge is -2.24. The van der Waals surface area contributed by atoms with Crippen LogP contribution in [0.1, 0.15) is 18.7 Å². The van der Waals surface area contributed by atoms with Crippen molar-refractivity contribution in [3.63, 3.8) is 0 Å². The smallest absolute Gasteiger partial charge is 0.0572 e. The monoisotopic (exact) mass is 217 g/mol. The second-order valence-corrected chi connectivity index (χ2v) is 5.06. The lowest BCUT2D eigenvalue weighted by atomic mass is 10.0. The molecule has 3 atom stereocenters. The van der Waals surface area contributed by atoms with Crippen LogP contribution in [0, 0.1) is 11.8 Å². The van der Waals surface area contributed by atoms with Gasteiger partial charge in [0.15, 0.2) is 0 Å². The van der Waals surface area contributed by atoms with Crippen LogP contribution >= 0.6 is 0 Å². The number of rotatable bonds is 2. The van der Waals surface area contributed by atoms with Gasteiger partial charge in [0.25, 0.3) is 0 Å². The highest BCUT2D eigenvalue weighted by Gasteiger charge is 2.38. The molecule has 0 bridgehead atoms. The van der Waals surface area contributed by atoms with Crippen LogP contribution in [0.25, 0.3) is 0 Å². The second kappa shape index (κ2) is 4.15. The summed E-state index contributed by atoms with van der Waals surface area (Å²) in [6.45, 7) is 7.15. The molecule has 2 saturated heterocycles. The quantitative estimate of drug-likeness (QED) is 0.809. The van der Waals surface area contributed by atoms with E-state index in [1.54, 1.807) is 0 Å². The molecule has 0 aromatic carbocycles. The van der Waals surface area contributed by atoms with Gasteiger partial charge in [-0.3, -0.25) is 9.88 Å². The number of hydrogen-bond donors (Lipinski definition) is 1. The van der Waals surface area contributed by atoms with Crippen molar-refractivity contribution in [2.45, 2.75) is 13.0 Å². The number of nitrogens with zero attached hydrogens (tertiary/aromatic N) is 2. The molecule has 2 fully saturated rings. The van der Waals surface area contributed by atoms with E-state index in [1.165, 1.54) is 31.9 Å². The van der Waals surface area contributed by atoms with Gasteiger partial charge in [-0.1, -0.05) is 6.07 Å². The minimum absolute atomic E-state index is 0.465. The Morgan fingerprint density at radius 2 is 2.06 bits per heavy atom.